The molecule has 0 aromatic carbocycles. The predicted octanol–water partition coefficient (Wildman–Crippen LogP) is 5.04. The van der Waals surface area contributed by atoms with Crippen molar-refractivity contribution in [2.24, 2.45) is 0 Å². The Bertz CT molecular complexity index is 191. The zero-order valence-corrected chi connectivity index (χ0v) is 14.1. The monoisotopic (exact) mass is 306 g/mol. The summed E-state index contributed by atoms with van der Waals surface area (Å²) in [6, 6.07) is 0. The van der Waals surface area contributed by atoms with Gasteiger partial charge in [-0.2, -0.15) is 0 Å². The van der Waals surface area contributed by atoms with Crippen molar-refractivity contribution < 1.29 is 10.2 Å². The average molecular weight is 307 g/mol. The lowest BCUT2D eigenvalue weighted by Gasteiger charge is -2.25. The first-order valence-electron chi connectivity index (χ1n) is 8.59. The molecule has 2 nitrogen and oxygen atoms in total. The molecule has 0 amide bonds. The van der Waals surface area contributed by atoms with Crippen molar-refractivity contribution in [2.45, 2.75) is 95.3 Å². The summed E-state index contributed by atoms with van der Waals surface area (Å²) >= 11 is 6.43. The third-order valence-electron chi connectivity index (χ3n) is 4.10. The molecule has 0 aromatic rings. The molecule has 0 saturated heterocycles. The average Bonchev–Trinajstić information content (AvgIpc) is 2.41. The van der Waals surface area contributed by atoms with Crippen molar-refractivity contribution in [3.63, 3.8) is 0 Å². The van der Waals surface area contributed by atoms with E-state index in [0.29, 0.717) is 12.8 Å². The number of aliphatic hydroxyl groups is 2. The number of aliphatic hydroxyl groups excluding tert-OH is 2. The maximum Gasteiger partial charge on any atom is 0.0490 e. The van der Waals surface area contributed by atoms with Crippen LogP contribution in [0.3, 0.4) is 0 Å². The predicted molar refractivity (Wildman–Crippen MR) is 88.5 cm³/mol. The van der Waals surface area contributed by atoms with Crippen LogP contribution in [0.2, 0.25) is 0 Å². The van der Waals surface area contributed by atoms with Crippen LogP contribution in [0.25, 0.3) is 0 Å². The minimum atomic E-state index is -0.385. The Labute approximate surface area is 130 Å². The first-order chi connectivity index (χ1) is 9.68. The maximum absolute atomic E-state index is 9.02. The van der Waals surface area contributed by atoms with Crippen molar-refractivity contribution in [3.8, 4) is 0 Å². The van der Waals surface area contributed by atoms with E-state index in [-0.39, 0.29) is 18.1 Å². The molecule has 0 atom stereocenters. The topological polar surface area (TPSA) is 40.5 Å². The molecule has 0 aliphatic carbocycles. The molecule has 0 saturated carbocycles. The minimum Gasteiger partial charge on any atom is -0.396 e. The number of rotatable bonds is 15. The maximum atomic E-state index is 9.02. The lowest BCUT2D eigenvalue weighted by molar-refractivity contribution is 0.220. The molecule has 0 heterocycles. The summed E-state index contributed by atoms with van der Waals surface area (Å²) in [5.74, 6) is 0. The molecule has 0 bridgehead atoms. The van der Waals surface area contributed by atoms with Crippen LogP contribution in [-0.4, -0.2) is 28.3 Å². The van der Waals surface area contributed by atoms with Crippen LogP contribution in [0.4, 0.5) is 0 Å². The van der Waals surface area contributed by atoms with Gasteiger partial charge >= 0.3 is 0 Å². The molecule has 20 heavy (non-hydrogen) atoms. The van der Waals surface area contributed by atoms with Crippen LogP contribution in [0.1, 0.15) is 90.4 Å². The lowest BCUT2D eigenvalue weighted by Crippen LogP contribution is -2.24. The number of halogens is 1. The highest BCUT2D eigenvalue weighted by molar-refractivity contribution is 6.23. The van der Waals surface area contributed by atoms with E-state index in [2.05, 4.69) is 6.92 Å². The van der Waals surface area contributed by atoms with Crippen molar-refractivity contribution >= 4 is 11.6 Å². The molecule has 122 valence electrons. The van der Waals surface area contributed by atoms with Crippen LogP contribution in [0.5, 0.6) is 0 Å². The van der Waals surface area contributed by atoms with Crippen molar-refractivity contribution in [2.75, 3.05) is 13.2 Å². The van der Waals surface area contributed by atoms with E-state index in [1.54, 1.807) is 0 Å². The highest BCUT2D eigenvalue weighted by Gasteiger charge is 2.25. The number of hydrogen-bond donors (Lipinski definition) is 2. The third-order valence-corrected chi connectivity index (χ3v) is 4.67. The molecule has 2 N–H and O–H groups in total. The second-order valence-corrected chi connectivity index (χ2v) is 6.83. The molecule has 0 rings (SSSR count). The second kappa shape index (κ2) is 14.2. The fourth-order valence-corrected chi connectivity index (χ4v) is 3.01. The van der Waals surface area contributed by atoms with E-state index in [9.17, 15) is 0 Å². The highest BCUT2D eigenvalue weighted by atomic mass is 35.5. The fraction of sp³-hybridized carbons (Fsp3) is 1.00. The van der Waals surface area contributed by atoms with Gasteiger partial charge < -0.3 is 10.2 Å². The summed E-state index contributed by atoms with van der Waals surface area (Å²) in [5, 5.41) is 18.0. The summed E-state index contributed by atoms with van der Waals surface area (Å²) in [6.45, 7) is 2.48. The first-order valence-corrected chi connectivity index (χ1v) is 8.97. The standard InChI is InChI=1S/C17H35ClO2/c1-2-3-4-5-6-7-8-9-10-11-12-17(18,13-15-19)14-16-20/h19-20H,2-16H2,1H3. The summed E-state index contributed by atoms with van der Waals surface area (Å²) < 4.78 is 0. The Balaban J connectivity index is 3.41. The molecule has 0 aromatic heterocycles. The Morgan fingerprint density at radius 1 is 0.650 bits per heavy atom. The van der Waals surface area contributed by atoms with Gasteiger partial charge in [-0.15, -0.1) is 11.6 Å². The summed E-state index contributed by atoms with van der Waals surface area (Å²) in [7, 11) is 0. The molecule has 0 spiro atoms. The van der Waals surface area contributed by atoms with Crippen molar-refractivity contribution in [3.05, 3.63) is 0 Å². The zero-order chi connectivity index (χ0) is 15.1. The van der Waals surface area contributed by atoms with E-state index in [1.165, 1.54) is 57.8 Å². The Morgan fingerprint density at radius 2 is 1.05 bits per heavy atom. The van der Waals surface area contributed by atoms with Crippen LogP contribution >= 0.6 is 11.6 Å². The van der Waals surface area contributed by atoms with Crippen molar-refractivity contribution in [1.82, 2.24) is 0 Å². The van der Waals surface area contributed by atoms with Crippen molar-refractivity contribution in [1.29, 1.82) is 0 Å². The molecular formula is C17H35ClO2. The van der Waals surface area contributed by atoms with Gasteiger partial charge in [0.05, 0.1) is 0 Å². The second-order valence-electron chi connectivity index (χ2n) is 6.03. The van der Waals surface area contributed by atoms with Gasteiger partial charge in [0.2, 0.25) is 0 Å². The zero-order valence-electron chi connectivity index (χ0n) is 13.4. The van der Waals surface area contributed by atoms with Gasteiger partial charge in [-0.1, -0.05) is 71.1 Å². The van der Waals surface area contributed by atoms with Gasteiger partial charge in [0.15, 0.2) is 0 Å². The van der Waals surface area contributed by atoms with Gasteiger partial charge in [0.25, 0.3) is 0 Å². The molecule has 0 radical (unpaired) electrons. The Morgan fingerprint density at radius 3 is 1.45 bits per heavy atom. The van der Waals surface area contributed by atoms with E-state index >= 15 is 0 Å². The summed E-state index contributed by atoms with van der Waals surface area (Å²) in [6.07, 6.45) is 15.3. The van der Waals surface area contributed by atoms with E-state index in [0.717, 1.165) is 12.8 Å². The fourth-order valence-electron chi connectivity index (χ4n) is 2.70. The first kappa shape index (κ1) is 20.2. The SMILES string of the molecule is CCCCCCCCCCCCC(Cl)(CCO)CCO. The van der Waals surface area contributed by atoms with Gasteiger partial charge in [0.1, 0.15) is 0 Å². The molecule has 0 unspecified atom stereocenters. The quantitative estimate of drug-likeness (QED) is 0.329. The molecule has 0 aliphatic heterocycles. The van der Waals surface area contributed by atoms with Gasteiger partial charge in [-0.25, -0.2) is 0 Å². The Hall–Kier alpha value is 0.210. The van der Waals surface area contributed by atoms with Gasteiger partial charge in [-0.05, 0) is 19.3 Å². The molecule has 0 fully saturated rings. The number of alkyl halides is 1. The Kier molecular flexibility index (Phi) is 14.3. The summed E-state index contributed by atoms with van der Waals surface area (Å²) in [4.78, 5) is -0.385. The number of hydrogen-bond acceptors (Lipinski definition) is 2. The van der Waals surface area contributed by atoms with Crippen LogP contribution in [-0.2, 0) is 0 Å². The van der Waals surface area contributed by atoms with E-state index in [4.69, 9.17) is 21.8 Å². The number of unbranched alkanes of at least 4 members (excludes halogenated alkanes) is 9. The van der Waals surface area contributed by atoms with E-state index in [1.807, 2.05) is 0 Å². The molecular weight excluding hydrogens is 272 g/mol. The normalized spacial score (nSPS) is 12.0. The lowest BCUT2D eigenvalue weighted by atomic mass is 9.93. The van der Waals surface area contributed by atoms with Gasteiger partial charge in [-0.3, -0.25) is 0 Å². The largest absolute Gasteiger partial charge is 0.396 e. The van der Waals surface area contributed by atoms with Crippen LogP contribution < -0.4 is 0 Å². The van der Waals surface area contributed by atoms with Gasteiger partial charge in [0, 0.05) is 18.1 Å². The highest BCUT2D eigenvalue weighted by Crippen LogP contribution is 2.30. The van der Waals surface area contributed by atoms with Crippen LogP contribution in [0, 0.1) is 0 Å². The summed E-state index contributed by atoms with van der Waals surface area (Å²) in [5.41, 5.74) is 0. The molecule has 0 aliphatic rings. The smallest absolute Gasteiger partial charge is 0.0490 e. The van der Waals surface area contributed by atoms with E-state index < -0.39 is 0 Å². The third kappa shape index (κ3) is 12.0. The van der Waals surface area contributed by atoms with Crippen LogP contribution in [0.15, 0.2) is 0 Å². The molecule has 3 heteroatoms. The minimum absolute atomic E-state index is 0.112.